The van der Waals surface area contributed by atoms with Crippen molar-refractivity contribution >= 4 is 11.6 Å². The van der Waals surface area contributed by atoms with Crippen LogP contribution in [0, 0.1) is 10.1 Å². The van der Waals surface area contributed by atoms with E-state index in [9.17, 15) is 14.9 Å². The first kappa shape index (κ1) is 18.8. The van der Waals surface area contributed by atoms with Crippen LogP contribution in [0.1, 0.15) is 37.8 Å². The Morgan fingerprint density at radius 1 is 1.11 bits per heavy atom. The second-order valence-electron chi connectivity index (χ2n) is 7.27. The minimum atomic E-state index is -0.879. The van der Waals surface area contributed by atoms with Crippen LogP contribution in [0.3, 0.4) is 0 Å². The van der Waals surface area contributed by atoms with Gasteiger partial charge in [-0.1, -0.05) is 60.2 Å². The number of carbonyl (C=O) groups excluding carboxylic acids is 1. The Hall–Kier alpha value is -2.95. The maximum absolute atomic E-state index is 13.6. The van der Waals surface area contributed by atoms with Crippen molar-refractivity contribution in [2.75, 3.05) is 11.4 Å². The fraction of sp³-hybridized carbons (Fsp3) is 0.318. The van der Waals surface area contributed by atoms with E-state index in [2.05, 4.69) is 0 Å². The van der Waals surface area contributed by atoms with E-state index in [4.69, 9.17) is 0 Å². The van der Waals surface area contributed by atoms with Crippen molar-refractivity contribution in [3.63, 3.8) is 0 Å². The highest BCUT2D eigenvalue weighted by atomic mass is 16.6. The number of allylic oxidation sites excluding steroid dienone is 2. The summed E-state index contributed by atoms with van der Waals surface area (Å²) in [5.74, 6) is -0.0492. The maximum atomic E-state index is 13.6. The molecule has 27 heavy (non-hydrogen) atoms. The van der Waals surface area contributed by atoms with Gasteiger partial charge in [-0.05, 0) is 37.5 Å². The zero-order valence-electron chi connectivity index (χ0n) is 15.7. The molecule has 0 saturated carbocycles. The number of amides is 1. The number of nitro groups is 1. The number of benzene rings is 2. The number of nitrogens with zero attached hydrogens (tertiary/aromatic N) is 2. The average Bonchev–Trinajstić information content (AvgIpc) is 2.88. The maximum Gasteiger partial charge on any atom is 0.238 e. The van der Waals surface area contributed by atoms with Gasteiger partial charge in [0.1, 0.15) is 0 Å². The Balaban J connectivity index is 2.05. The van der Waals surface area contributed by atoms with Crippen molar-refractivity contribution < 1.29 is 9.72 Å². The summed E-state index contributed by atoms with van der Waals surface area (Å²) in [6.45, 7) is 4.20. The van der Waals surface area contributed by atoms with Gasteiger partial charge in [-0.25, -0.2) is 0 Å². The van der Waals surface area contributed by atoms with E-state index in [0.717, 1.165) is 22.4 Å². The van der Waals surface area contributed by atoms with Crippen LogP contribution in [0.4, 0.5) is 5.69 Å². The van der Waals surface area contributed by atoms with E-state index in [-0.39, 0.29) is 23.8 Å². The lowest BCUT2D eigenvalue weighted by atomic mass is 9.75. The van der Waals surface area contributed by atoms with Gasteiger partial charge in [0, 0.05) is 17.0 Å². The van der Waals surface area contributed by atoms with Gasteiger partial charge in [0.05, 0.1) is 12.0 Å². The van der Waals surface area contributed by atoms with E-state index in [1.807, 2.05) is 74.5 Å². The smallest absolute Gasteiger partial charge is 0.238 e. The number of fused-ring (bicyclic) bond motifs is 1. The molecule has 5 nitrogen and oxygen atoms in total. The highest BCUT2D eigenvalue weighted by Gasteiger charge is 2.50. The quantitative estimate of drug-likeness (QED) is 0.413. The van der Waals surface area contributed by atoms with Gasteiger partial charge in [-0.15, -0.1) is 0 Å². The Morgan fingerprint density at radius 2 is 1.78 bits per heavy atom. The van der Waals surface area contributed by atoms with Crippen LogP contribution in [-0.4, -0.2) is 17.4 Å². The Morgan fingerprint density at radius 3 is 2.44 bits per heavy atom. The zero-order valence-corrected chi connectivity index (χ0v) is 15.7. The predicted molar refractivity (Wildman–Crippen MR) is 106 cm³/mol. The molecule has 1 atom stereocenters. The van der Waals surface area contributed by atoms with Gasteiger partial charge in [0.2, 0.25) is 12.5 Å². The van der Waals surface area contributed by atoms with Crippen LogP contribution >= 0.6 is 0 Å². The predicted octanol–water partition coefficient (Wildman–Crippen LogP) is 4.49. The van der Waals surface area contributed by atoms with E-state index in [1.54, 1.807) is 4.90 Å². The Labute approximate surface area is 159 Å². The molecule has 1 aliphatic rings. The van der Waals surface area contributed by atoms with Crippen LogP contribution in [0.5, 0.6) is 0 Å². The van der Waals surface area contributed by atoms with Crippen LogP contribution in [0.15, 0.2) is 66.2 Å². The molecule has 0 unspecified atom stereocenters. The summed E-state index contributed by atoms with van der Waals surface area (Å²) < 4.78 is 0. The summed E-state index contributed by atoms with van der Waals surface area (Å²) in [5.41, 5.74) is 3.01. The van der Waals surface area contributed by atoms with E-state index >= 15 is 0 Å². The number of carbonyl (C=O) groups is 1. The Kier molecular flexibility index (Phi) is 5.40. The number of hydrogen-bond donors (Lipinski definition) is 0. The molecule has 0 aliphatic carbocycles. The van der Waals surface area contributed by atoms with Gasteiger partial charge >= 0.3 is 0 Å². The number of anilines is 1. The highest BCUT2D eigenvalue weighted by molar-refractivity contribution is 6.08. The summed E-state index contributed by atoms with van der Waals surface area (Å²) in [6.07, 6.45) is 2.69. The highest BCUT2D eigenvalue weighted by Crippen LogP contribution is 2.47. The van der Waals surface area contributed by atoms with Crippen LogP contribution in [-0.2, 0) is 16.8 Å². The molecule has 0 bridgehead atoms. The van der Waals surface area contributed by atoms with Gasteiger partial charge in [-0.2, -0.15) is 0 Å². The summed E-state index contributed by atoms with van der Waals surface area (Å²) in [6, 6.07) is 17.5. The number of rotatable bonds is 7. The third-order valence-corrected chi connectivity index (χ3v) is 5.13. The summed E-state index contributed by atoms with van der Waals surface area (Å²) in [5, 5.41) is 11.1. The largest absolute Gasteiger partial charge is 0.307 e. The van der Waals surface area contributed by atoms with Gasteiger partial charge < -0.3 is 4.90 Å². The van der Waals surface area contributed by atoms with Gasteiger partial charge in [-0.3, -0.25) is 14.9 Å². The lowest BCUT2D eigenvalue weighted by Crippen LogP contribution is -2.41. The zero-order chi connectivity index (χ0) is 19.4. The lowest BCUT2D eigenvalue weighted by molar-refractivity contribution is -0.481. The van der Waals surface area contributed by atoms with Gasteiger partial charge in [0.15, 0.2) is 0 Å². The fourth-order valence-corrected chi connectivity index (χ4v) is 3.72. The molecule has 2 aromatic carbocycles. The minimum Gasteiger partial charge on any atom is -0.307 e. The van der Waals surface area contributed by atoms with Crippen molar-refractivity contribution in [1.82, 2.24) is 0 Å². The third kappa shape index (κ3) is 3.77. The molecule has 0 saturated heterocycles. The SMILES string of the molecule is CC(C)=CC[C@@]1(CC[N+](=O)[O-])C(=O)N(Cc2ccccc2)c2ccccc21. The van der Waals surface area contributed by atoms with Crippen molar-refractivity contribution in [3.05, 3.63) is 87.5 Å². The molecule has 0 spiro atoms. The molecule has 2 aromatic rings. The topological polar surface area (TPSA) is 63.5 Å². The van der Waals surface area contributed by atoms with Crippen molar-refractivity contribution in [2.24, 2.45) is 0 Å². The molecule has 1 heterocycles. The van der Waals surface area contributed by atoms with E-state index in [0.29, 0.717) is 13.0 Å². The monoisotopic (exact) mass is 364 g/mol. The minimum absolute atomic E-state index is 0.0492. The molecule has 5 heteroatoms. The molecular formula is C22H24N2O3. The standard InChI is InChI=1S/C22H24N2O3/c1-17(2)12-13-22(14-15-24(26)27)19-10-6-7-11-20(19)23(21(22)25)16-18-8-4-3-5-9-18/h3-12H,13-16H2,1-2H3/t22-/m0/s1. The third-order valence-electron chi connectivity index (χ3n) is 5.13. The average molecular weight is 364 g/mol. The molecule has 1 amide bonds. The first-order valence-corrected chi connectivity index (χ1v) is 9.14. The van der Waals surface area contributed by atoms with E-state index < -0.39 is 5.41 Å². The molecule has 0 aromatic heterocycles. The number of para-hydroxylation sites is 1. The molecule has 140 valence electrons. The number of hydrogen-bond acceptors (Lipinski definition) is 3. The summed E-state index contributed by atoms with van der Waals surface area (Å²) >= 11 is 0. The van der Waals surface area contributed by atoms with Crippen molar-refractivity contribution in [2.45, 2.75) is 38.6 Å². The second kappa shape index (κ2) is 7.74. The molecule has 1 aliphatic heterocycles. The van der Waals surface area contributed by atoms with E-state index in [1.165, 1.54) is 0 Å². The van der Waals surface area contributed by atoms with Crippen LogP contribution < -0.4 is 4.90 Å². The molecule has 0 fully saturated rings. The Bertz CT molecular complexity index is 872. The summed E-state index contributed by atoms with van der Waals surface area (Å²) in [7, 11) is 0. The van der Waals surface area contributed by atoms with Crippen molar-refractivity contribution in [3.8, 4) is 0 Å². The first-order valence-electron chi connectivity index (χ1n) is 9.14. The van der Waals surface area contributed by atoms with Crippen LogP contribution in [0.25, 0.3) is 0 Å². The van der Waals surface area contributed by atoms with Crippen LogP contribution in [0.2, 0.25) is 0 Å². The van der Waals surface area contributed by atoms with Gasteiger partial charge in [0.25, 0.3) is 0 Å². The normalized spacial score (nSPS) is 18.3. The molecule has 0 radical (unpaired) electrons. The molecule has 0 N–H and O–H groups in total. The molecule has 3 rings (SSSR count). The fourth-order valence-electron chi connectivity index (χ4n) is 3.72. The first-order chi connectivity index (χ1) is 12.9. The summed E-state index contributed by atoms with van der Waals surface area (Å²) in [4.78, 5) is 26.1. The lowest BCUT2D eigenvalue weighted by Gasteiger charge is -2.27. The second-order valence-corrected chi connectivity index (χ2v) is 7.27. The molecular weight excluding hydrogens is 340 g/mol. The van der Waals surface area contributed by atoms with Crippen molar-refractivity contribution in [1.29, 1.82) is 0 Å².